The van der Waals surface area contributed by atoms with Crippen molar-refractivity contribution in [2.75, 3.05) is 6.61 Å². The van der Waals surface area contributed by atoms with Crippen molar-refractivity contribution in [2.45, 2.75) is 83.7 Å². The molecule has 0 saturated carbocycles. The molecule has 1 radical (unpaired) electrons. The van der Waals surface area contributed by atoms with Crippen LogP contribution in [0.4, 0.5) is 0 Å². The van der Waals surface area contributed by atoms with Crippen LogP contribution in [0, 0.1) is 0 Å². The minimum atomic E-state index is -0.603. The third-order valence-corrected chi connectivity index (χ3v) is 3.75. The molecule has 0 aliphatic carbocycles. The fraction of sp³-hybridized carbons (Fsp3) is 0.700. The van der Waals surface area contributed by atoms with Gasteiger partial charge in [0.25, 0.3) is 0 Å². The molecule has 1 aromatic carbocycles. The second-order valence-corrected chi connectivity index (χ2v) is 5.95. The first-order valence-corrected chi connectivity index (χ1v) is 9.07. The number of aliphatic hydroxyl groups is 1. The van der Waals surface area contributed by atoms with Crippen molar-refractivity contribution in [1.29, 1.82) is 0 Å². The monoisotopic (exact) mass is 307 g/mol. The average molecular weight is 307 g/mol. The predicted octanol–water partition coefficient (Wildman–Crippen LogP) is 5.78. The van der Waals surface area contributed by atoms with Crippen LogP contribution in [0.2, 0.25) is 0 Å². The Hall–Kier alpha value is -0.860. The van der Waals surface area contributed by atoms with E-state index in [2.05, 4.69) is 6.92 Å². The van der Waals surface area contributed by atoms with Gasteiger partial charge in [-0.15, -0.1) is 0 Å². The maximum atomic E-state index is 10.3. The zero-order chi connectivity index (χ0) is 16.3. The highest BCUT2D eigenvalue weighted by atomic mass is 16.3. The Kier molecular flexibility index (Phi) is 17.5. The summed E-state index contributed by atoms with van der Waals surface area (Å²) in [6.45, 7) is 1.91. The standard InChI is InChI=1S/C14H29O2.C6H6/c1-2-3-4-5-6-7-8-9-10-11-12-14(16)13-15;1-2-4-6-5-3-1/h14,16H,2-13H2,1H3;1-6H. The number of hydrogen-bond acceptors (Lipinski definition) is 1. The largest absolute Gasteiger partial charge is 0.391 e. The molecule has 1 N–H and O–H groups in total. The maximum Gasteiger partial charge on any atom is 0.108 e. The van der Waals surface area contributed by atoms with Gasteiger partial charge in [-0.05, 0) is 6.42 Å². The molecule has 1 aromatic rings. The lowest BCUT2D eigenvalue weighted by atomic mass is 10.0. The summed E-state index contributed by atoms with van der Waals surface area (Å²) in [7, 11) is 0. The molecule has 22 heavy (non-hydrogen) atoms. The molecule has 0 aliphatic heterocycles. The van der Waals surface area contributed by atoms with Gasteiger partial charge in [0.15, 0.2) is 0 Å². The Morgan fingerprint density at radius 1 is 0.682 bits per heavy atom. The van der Waals surface area contributed by atoms with E-state index in [0.29, 0.717) is 6.42 Å². The van der Waals surface area contributed by atoms with Crippen LogP contribution < -0.4 is 0 Å². The topological polar surface area (TPSA) is 40.1 Å². The Bertz CT molecular complexity index is 260. The van der Waals surface area contributed by atoms with Crippen LogP contribution in [0.25, 0.3) is 0 Å². The van der Waals surface area contributed by atoms with Crippen molar-refractivity contribution in [3.63, 3.8) is 0 Å². The molecule has 0 aliphatic rings. The molecule has 0 amide bonds. The molecule has 0 bridgehead atoms. The van der Waals surface area contributed by atoms with Crippen LogP contribution >= 0.6 is 0 Å². The molecule has 0 aromatic heterocycles. The van der Waals surface area contributed by atoms with E-state index in [0.717, 1.165) is 6.42 Å². The van der Waals surface area contributed by atoms with Crippen LogP contribution in [-0.2, 0) is 5.11 Å². The minimum absolute atomic E-state index is 0.336. The van der Waals surface area contributed by atoms with Crippen LogP contribution in [-0.4, -0.2) is 17.8 Å². The highest BCUT2D eigenvalue weighted by Crippen LogP contribution is 2.11. The van der Waals surface area contributed by atoms with Gasteiger partial charge in [0.2, 0.25) is 0 Å². The van der Waals surface area contributed by atoms with E-state index in [-0.39, 0.29) is 6.61 Å². The molecule has 127 valence electrons. The van der Waals surface area contributed by atoms with Crippen molar-refractivity contribution in [1.82, 2.24) is 0 Å². The maximum absolute atomic E-state index is 10.3. The summed E-state index contributed by atoms with van der Waals surface area (Å²) < 4.78 is 0. The van der Waals surface area contributed by atoms with E-state index >= 15 is 0 Å². The molecule has 0 saturated heterocycles. The van der Waals surface area contributed by atoms with Crippen molar-refractivity contribution in [3.8, 4) is 0 Å². The molecule has 0 spiro atoms. The first-order valence-electron chi connectivity index (χ1n) is 9.07. The summed E-state index contributed by atoms with van der Waals surface area (Å²) >= 11 is 0. The Morgan fingerprint density at radius 3 is 1.41 bits per heavy atom. The molecule has 0 fully saturated rings. The van der Waals surface area contributed by atoms with Gasteiger partial charge in [-0.25, -0.2) is 5.11 Å². The van der Waals surface area contributed by atoms with E-state index < -0.39 is 6.10 Å². The highest BCUT2D eigenvalue weighted by Gasteiger charge is 2.01. The Morgan fingerprint density at radius 2 is 1.05 bits per heavy atom. The summed E-state index contributed by atoms with van der Waals surface area (Å²) in [4.78, 5) is 0. The average Bonchev–Trinajstić information content (AvgIpc) is 2.58. The summed E-state index contributed by atoms with van der Waals surface area (Å²) in [5.74, 6) is 0. The lowest BCUT2D eigenvalue weighted by molar-refractivity contribution is 0.0485. The molecular formula is C20H35O2. The summed E-state index contributed by atoms with van der Waals surface area (Å²) in [5.41, 5.74) is 0. The van der Waals surface area contributed by atoms with Gasteiger partial charge in [-0.3, -0.25) is 0 Å². The third-order valence-electron chi connectivity index (χ3n) is 3.75. The molecular weight excluding hydrogens is 272 g/mol. The summed E-state index contributed by atoms with van der Waals surface area (Å²) in [6.07, 6.45) is 13.1. The third kappa shape index (κ3) is 17.2. The molecule has 1 atom stereocenters. The van der Waals surface area contributed by atoms with Gasteiger partial charge in [-0.1, -0.05) is 108 Å². The van der Waals surface area contributed by atoms with Crippen molar-refractivity contribution >= 4 is 0 Å². The zero-order valence-corrected chi connectivity index (χ0v) is 14.4. The lowest BCUT2D eigenvalue weighted by Gasteiger charge is -2.05. The lowest BCUT2D eigenvalue weighted by Crippen LogP contribution is -2.09. The Balaban J connectivity index is 0.000000604. The number of rotatable bonds is 12. The number of unbranched alkanes of at least 4 members (excludes halogenated alkanes) is 9. The highest BCUT2D eigenvalue weighted by molar-refractivity contribution is 4.99. The number of benzene rings is 1. The second kappa shape index (κ2) is 18.2. The van der Waals surface area contributed by atoms with Crippen molar-refractivity contribution in [3.05, 3.63) is 36.4 Å². The van der Waals surface area contributed by atoms with E-state index in [1.807, 2.05) is 36.4 Å². The van der Waals surface area contributed by atoms with Gasteiger partial charge in [0.1, 0.15) is 6.61 Å². The van der Waals surface area contributed by atoms with Gasteiger partial charge in [0, 0.05) is 0 Å². The van der Waals surface area contributed by atoms with E-state index in [1.165, 1.54) is 57.8 Å². The normalized spacial score (nSPS) is 11.6. The number of hydrogen-bond donors (Lipinski definition) is 1. The van der Waals surface area contributed by atoms with Crippen molar-refractivity contribution < 1.29 is 10.2 Å². The van der Waals surface area contributed by atoms with Gasteiger partial charge in [0.05, 0.1) is 6.10 Å². The first-order chi connectivity index (χ1) is 10.8. The molecule has 2 heteroatoms. The van der Waals surface area contributed by atoms with Gasteiger partial charge < -0.3 is 5.11 Å². The van der Waals surface area contributed by atoms with Crippen molar-refractivity contribution in [2.24, 2.45) is 0 Å². The molecule has 0 heterocycles. The van der Waals surface area contributed by atoms with E-state index in [9.17, 15) is 5.11 Å². The summed E-state index contributed by atoms with van der Waals surface area (Å²) in [6, 6.07) is 12.0. The summed E-state index contributed by atoms with van der Waals surface area (Å²) in [5, 5.41) is 19.3. The minimum Gasteiger partial charge on any atom is -0.391 e. The van der Waals surface area contributed by atoms with Gasteiger partial charge >= 0.3 is 0 Å². The van der Waals surface area contributed by atoms with Crippen LogP contribution in [0.15, 0.2) is 36.4 Å². The van der Waals surface area contributed by atoms with E-state index in [4.69, 9.17) is 5.11 Å². The molecule has 2 nitrogen and oxygen atoms in total. The fourth-order valence-corrected chi connectivity index (χ4v) is 2.34. The molecule has 1 unspecified atom stereocenters. The Labute approximate surface area is 137 Å². The van der Waals surface area contributed by atoms with Crippen LogP contribution in [0.3, 0.4) is 0 Å². The second-order valence-electron chi connectivity index (χ2n) is 5.95. The smallest absolute Gasteiger partial charge is 0.108 e. The molecule has 1 rings (SSSR count). The SMILES string of the molecule is CCCCCCCCCCCCC(O)C[O].c1ccccc1. The van der Waals surface area contributed by atoms with Gasteiger partial charge in [-0.2, -0.15) is 0 Å². The zero-order valence-electron chi connectivity index (χ0n) is 14.4. The predicted molar refractivity (Wildman–Crippen MR) is 94.5 cm³/mol. The number of aliphatic hydroxyl groups excluding tert-OH is 1. The quantitative estimate of drug-likeness (QED) is 0.489. The first kappa shape index (κ1) is 21.1. The van der Waals surface area contributed by atoms with Crippen LogP contribution in [0.5, 0.6) is 0 Å². The fourth-order valence-electron chi connectivity index (χ4n) is 2.34. The van der Waals surface area contributed by atoms with E-state index in [1.54, 1.807) is 0 Å². The van der Waals surface area contributed by atoms with Crippen LogP contribution in [0.1, 0.15) is 77.6 Å².